The molecule has 0 saturated heterocycles. The Hall–Kier alpha value is -3.26. The zero-order valence-electron chi connectivity index (χ0n) is 13.1. The van der Waals surface area contributed by atoms with Crippen LogP contribution in [0.4, 0.5) is 10.1 Å². The normalized spacial score (nSPS) is 10.5. The van der Waals surface area contributed by atoms with Crippen molar-refractivity contribution in [3.8, 4) is 11.3 Å². The summed E-state index contributed by atoms with van der Waals surface area (Å²) in [6.07, 6.45) is 0. The molecule has 0 saturated carbocycles. The van der Waals surface area contributed by atoms with E-state index in [4.69, 9.17) is 16.1 Å². The SMILES string of the molecule is O=C(NCc1cc(-c2ccc(F)cc2)on1)c1cc([N+](=O)[O-])ccc1Cl. The highest BCUT2D eigenvalue weighted by atomic mass is 35.5. The molecule has 2 aromatic carbocycles. The Bertz CT molecular complexity index is 972. The maximum absolute atomic E-state index is 12.9. The van der Waals surface area contributed by atoms with Crippen LogP contribution in [0.3, 0.4) is 0 Å². The number of carbonyl (C=O) groups is 1. The van der Waals surface area contributed by atoms with Crippen molar-refractivity contribution in [3.05, 3.63) is 80.7 Å². The van der Waals surface area contributed by atoms with Crippen LogP contribution in [0, 0.1) is 15.9 Å². The zero-order valence-corrected chi connectivity index (χ0v) is 13.9. The van der Waals surface area contributed by atoms with Crippen molar-refractivity contribution in [2.45, 2.75) is 6.54 Å². The van der Waals surface area contributed by atoms with Crippen LogP contribution in [0.15, 0.2) is 53.1 Å². The first-order chi connectivity index (χ1) is 12.4. The summed E-state index contributed by atoms with van der Waals surface area (Å²) in [5.41, 5.74) is 0.820. The first-order valence-corrected chi connectivity index (χ1v) is 7.75. The van der Waals surface area contributed by atoms with Crippen LogP contribution in [0.5, 0.6) is 0 Å². The molecule has 132 valence electrons. The van der Waals surface area contributed by atoms with Gasteiger partial charge in [0.2, 0.25) is 0 Å². The Labute approximate surface area is 151 Å². The predicted molar refractivity (Wildman–Crippen MR) is 91.2 cm³/mol. The van der Waals surface area contributed by atoms with E-state index >= 15 is 0 Å². The number of aromatic nitrogens is 1. The molecular formula is C17H11ClFN3O4. The summed E-state index contributed by atoms with van der Waals surface area (Å²) in [6.45, 7) is 0.0303. The highest BCUT2D eigenvalue weighted by Crippen LogP contribution is 2.23. The van der Waals surface area contributed by atoms with Gasteiger partial charge in [-0.3, -0.25) is 14.9 Å². The van der Waals surface area contributed by atoms with Gasteiger partial charge in [-0.15, -0.1) is 0 Å². The van der Waals surface area contributed by atoms with Crippen molar-refractivity contribution in [2.24, 2.45) is 0 Å². The van der Waals surface area contributed by atoms with E-state index in [2.05, 4.69) is 10.5 Å². The lowest BCUT2D eigenvalue weighted by Gasteiger charge is -2.05. The Morgan fingerprint density at radius 2 is 1.96 bits per heavy atom. The molecule has 0 unspecified atom stereocenters. The summed E-state index contributed by atoms with van der Waals surface area (Å²) in [7, 11) is 0. The highest BCUT2D eigenvalue weighted by molar-refractivity contribution is 6.33. The zero-order chi connectivity index (χ0) is 18.7. The van der Waals surface area contributed by atoms with Crippen molar-refractivity contribution in [1.82, 2.24) is 10.5 Å². The first-order valence-electron chi connectivity index (χ1n) is 7.38. The number of nitro benzene ring substituents is 1. The number of nitro groups is 1. The molecule has 1 heterocycles. The minimum absolute atomic E-state index is 0.0110. The van der Waals surface area contributed by atoms with Gasteiger partial charge in [0, 0.05) is 23.8 Å². The van der Waals surface area contributed by atoms with Crippen LogP contribution >= 0.6 is 11.6 Å². The van der Waals surface area contributed by atoms with Gasteiger partial charge in [0.25, 0.3) is 11.6 Å². The molecule has 26 heavy (non-hydrogen) atoms. The summed E-state index contributed by atoms with van der Waals surface area (Å²) < 4.78 is 18.1. The Kier molecular flexibility index (Phi) is 4.94. The predicted octanol–water partition coefficient (Wildman–Crippen LogP) is 3.97. The van der Waals surface area contributed by atoms with Crippen LogP contribution in [0.25, 0.3) is 11.3 Å². The maximum atomic E-state index is 12.9. The molecule has 0 fully saturated rings. The van der Waals surface area contributed by atoms with E-state index in [1.54, 1.807) is 18.2 Å². The molecular weight excluding hydrogens is 365 g/mol. The molecule has 0 bridgehead atoms. The summed E-state index contributed by atoms with van der Waals surface area (Å²) in [5, 5.41) is 17.3. The number of nitrogens with one attached hydrogen (secondary N) is 1. The van der Waals surface area contributed by atoms with Crippen LogP contribution < -0.4 is 5.32 Å². The van der Waals surface area contributed by atoms with Crippen molar-refractivity contribution in [3.63, 3.8) is 0 Å². The van der Waals surface area contributed by atoms with Crippen LogP contribution in [-0.4, -0.2) is 16.0 Å². The van der Waals surface area contributed by atoms with Crippen molar-refractivity contribution in [1.29, 1.82) is 0 Å². The van der Waals surface area contributed by atoms with Gasteiger partial charge >= 0.3 is 0 Å². The van der Waals surface area contributed by atoms with E-state index in [0.29, 0.717) is 17.0 Å². The van der Waals surface area contributed by atoms with Crippen LogP contribution in [0.1, 0.15) is 16.1 Å². The molecule has 1 aromatic heterocycles. The third-order valence-corrected chi connectivity index (χ3v) is 3.85. The van der Waals surface area contributed by atoms with E-state index in [0.717, 1.165) is 6.07 Å². The standard InChI is InChI=1S/C17H11ClFN3O4/c18-15-6-5-13(22(24)25)8-14(15)17(23)20-9-12-7-16(26-21-12)10-1-3-11(19)4-2-10/h1-8H,9H2,(H,20,23). The molecule has 1 N–H and O–H groups in total. The van der Waals surface area contributed by atoms with E-state index in [9.17, 15) is 19.3 Å². The average Bonchev–Trinajstić information content (AvgIpc) is 3.09. The molecule has 0 aliphatic carbocycles. The quantitative estimate of drug-likeness (QED) is 0.537. The number of halogens is 2. The smallest absolute Gasteiger partial charge is 0.270 e. The van der Waals surface area contributed by atoms with Gasteiger partial charge < -0.3 is 9.84 Å². The molecule has 1 amide bonds. The number of hydrogen-bond donors (Lipinski definition) is 1. The van der Waals surface area contributed by atoms with Gasteiger partial charge in [-0.1, -0.05) is 16.8 Å². The molecule has 3 aromatic rings. The molecule has 0 spiro atoms. The third kappa shape index (κ3) is 3.86. The fourth-order valence-electron chi connectivity index (χ4n) is 2.21. The van der Waals surface area contributed by atoms with Crippen molar-refractivity contribution < 1.29 is 18.6 Å². The lowest BCUT2D eigenvalue weighted by Crippen LogP contribution is -2.23. The topological polar surface area (TPSA) is 98.3 Å². The first kappa shape index (κ1) is 17.6. The number of hydrogen-bond acceptors (Lipinski definition) is 5. The second kappa shape index (κ2) is 7.32. The van der Waals surface area contributed by atoms with E-state index in [1.807, 2.05) is 0 Å². The van der Waals surface area contributed by atoms with Gasteiger partial charge in [0.15, 0.2) is 5.76 Å². The third-order valence-electron chi connectivity index (χ3n) is 3.52. The largest absolute Gasteiger partial charge is 0.356 e. The summed E-state index contributed by atoms with van der Waals surface area (Å²) in [5.74, 6) is -0.526. The van der Waals surface area contributed by atoms with Crippen molar-refractivity contribution in [2.75, 3.05) is 0 Å². The van der Waals surface area contributed by atoms with Crippen LogP contribution in [0.2, 0.25) is 5.02 Å². The molecule has 0 aliphatic rings. The van der Waals surface area contributed by atoms with E-state index < -0.39 is 10.8 Å². The van der Waals surface area contributed by atoms with E-state index in [1.165, 1.54) is 24.3 Å². The average molecular weight is 376 g/mol. The lowest BCUT2D eigenvalue weighted by molar-refractivity contribution is -0.384. The molecule has 7 nitrogen and oxygen atoms in total. The van der Waals surface area contributed by atoms with Gasteiger partial charge in [-0.25, -0.2) is 4.39 Å². The highest BCUT2D eigenvalue weighted by Gasteiger charge is 2.16. The van der Waals surface area contributed by atoms with Gasteiger partial charge in [0.05, 0.1) is 22.1 Å². The van der Waals surface area contributed by atoms with Crippen molar-refractivity contribution >= 4 is 23.2 Å². The molecule has 9 heteroatoms. The fourth-order valence-corrected chi connectivity index (χ4v) is 2.42. The summed E-state index contributed by atoms with van der Waals surface area (Å²) in [6, 6.07) is 10.9. The Balaban J connectivity index is 1.70. The number of nitrogens with zero attached hydrogens (tertiary/aromatic N) is 2. The fraction of sp³-hybridized carbons (Fsp3) is 0.0588. The molecule has 0 aliphatic heterocycles. The second-order valence-electron chi connectivity index (χ2n) is 5.29. The number of carbonyl (C=O) groups excluding carboxylic acids is 1. The summed E-state index contributed by atoms with van der Waals surface area (Å²) >= 11 is 5.93. The van der Waals surface area contributed by atoms with Gasteiger partial charge in [-0.2, -0.15) is 0 Å². The number of amides is 1. The van der Waals surface area contributed by atoms with Gasteiger partial charge in [-0.05, 0) is 30.3 Å². The number of non-ortho nitro benzene ring substituents is 1. The minimum atomic E-state index is -0.611. The number of benzene rings is 2. The Morgan fingerprint density at radius 1 is 1.23 bits per heavy atom. The Morgan fingerprint density at radius 3 is 2.65 bits per heavy atom. The number of rotatable bonds is 5. The second-order valence-corrected chi connectivity index (χ2v) is 5.70. The molecule has 0 radical (unpaired) electrons. The van der Waals surface area contributed by atoms with E-state index in [-0.39, 0.29) is 28.6 Å². The lowest BCUT2D eigenvalue weighted by atomic mass is 10.1. The van der Waals surface area contributed by atoms with Crippen LogP contribution in [-0.2, 0) is 6.54 Å². The summed E-state index contributed by atoms with van der Waals surface area (Å²) in [4.78, 5) is 22.4. The molecule has 0 atom stereocenters. The van der Waals surface area contributed by atoms with Gasteiger partial charge in [0.1, 0.15) is 11.5 Å². The monoisotopic (exact) mass is 375 g/mol. The maximum Gasteiger partial charge on any atom is 0.270 e. The minimum Gasteiger partial charge on any atom is -0.356 e. The molecule has 3 rings (SSSR count).